The molecule has 1 saturated heterocycles. The number of sulfonamides is 1. The predicted molar refractivity (Wildman–Crippen MR) is 130 cm³/mol. The van der Waals surface area contributed by atoms with Crippen LogP contribution in [0.3, 0.4) is 0 Å². The molecule has 11 heteroatoms. The lowest BCUT2D eigenvalue weighted by molar-refractivity contribution is 0.244. The number of pyridine rings is 1. The molecule has 1 aromatic carbocycles. The van der Waals surface area contributed by atoms with E-state index >= 15 is 0 Å². The van der Waals surface area contributed by atoms with Crippen LogP contribution in [0, 0.1) is 0 Å². The molecule has 176 valence electrons. The van der Waals surface area contributed by atoms with E-state index in [1.54, 1.807) is 42.9 Å². The number of aliphatic hydroxyl groups excluding tert-OH is 1. The van der Waals surface area contributed by atoms with E-state index in [2.05, 4.69) is 19.9 Å². The van der Waals surface area contributed by atoms with Crippen LogP contribution in [-0.4, -0.2) is 70.0 Å². The molecule has 1 atom stereocenters. The molecule has 0 saturated carbocycles. The number of aromatic amines is 1. The second-order valence-corrected chi connectivity index (χ2v) is 10.4. The lowest BCUT2D eigenvalue weighted by atomic mass is 10.1. The quantitative estimate of drug-likeness (QED) is 0.420. The molecular weight excluding hydrogens is 476 g/mol. The average Bonchev–Trinajstić information content (AvgIpc) is 3.29. The number of hydrogen-bond donors (Lipinski definition) is 2. The van der Waals surface area contributed by atoms with Gasteiger partial charge in [0.15, 0.2) is 0 Å². The first-order chi connectivity index (χ1) is 16.5. The highest BCUT2D eigenvalue weighted by molar-refractivity contribution is 7.89. The van der Waals surface area contributed by atoms with Gasteiger partial charge in [-0.3, -0.25) is 4.98 Å². The Balaban J connectivity index is 1.37. The van der Waals surface area contributed by atoms with Crippen molar-refractivity contribution in [3.63, 3.8) is 0 Å². The molecule has 3 aromatic heterocycles. The molecule has 0 radical (unpaired) electrons. The molecule has 4 heterocycles. The molecule has 34 heavy (non-hydrogen) atoms. The van der Waals surface area contributed by atoms with Crippen LogP contribution in [0.4, 0.5) is 5.95 Å². The number of rotatable bonds is 6. The fourth-order valence-electron chi connectivity index (χ4n) is 4.19. The molecule has 1 aliphatic heterocycles. The Morgan fingerprint density at radius 3 is 2.65 bits per heavy atom. The molecule has 1 fully saturated rings. The topological polar surface area (TPSA) is 115 Å². The van der Waals surface area contributed by atoms with Crippen LogP contribution in [-0.2, 0) is 10.0 Å². The third-order valence-corrected chi connectivity index (χ3v) is 7.96. The Bertz CT molecular complexity index is 1400. The second-order valence-electron chi connectivity index (χ2n) is 8.07. The Morgan fingerprint density at radius 1 is 1.09 bits per heavy atom. The summed E-state index contributed by atoms with van der Waals surface area (Å²) in [6, 6.07) is 12.2. The minimum Gasteiger partial charge on any atom is -0.396 e. The van der Waals surface area contributed by atoms with E-state index in [0.29, 0.717) is 29.5 Å². The molecule has 0 aliphatic carbocycles. The first-order valence-electron chi connectivity index (χ1n) is 10.8. The summed E-state index contributed by atoms with van der Waals surface area (Å²) < 4.78 is 28.2. The summed E-state index contributed by atoms with van der Waals surface area (Å²) in [6.07, 6.45) is 5.51. The summed E-state index contributed by atoms with van der Waals surface area (Å²) in [5.74, 6) is 0.496. The van der Waals surface area contributed by atoms with Gasteiger partial charge in [0.25, 0.3) is 10.0 Å². The number of nitrogens with one attached hydrogen (secondary N) is 1. The number of aromatic nitrogens is 4. The molecule has 0 spiro atoms. The number of anilines is 1. The minimum atomic E-state index is -3.76. The zero-order valence-corrected chi connectivity index (χ0v) is 19.7. The van der Waals surface area contributed by atoms with Gasteiger partial charge in [0.1, 0.15) is 5.03 Å². The smallest absolute Gasteiger partial charge is 0.258 e. The first kappa shape index (κ1) is 22.7. The Morgan fingerprint density at radius 2 is 1.91 bits per heavy atom. The molecule has 9 nitrogen and oxygen atoms in total. The molecule has 2 N–H and O–H groups in total. The van der Waals surface area contributed by atoms with Gasteiger partial charge in [-0.05, 0) is 42.8 Å². The number of piperazine rings is 1. The monoisotopic (exact) mass is 498 g/mol. The summed E-state index contributed by atoms with van der Waals surface area (Å²) in [5.41, 5.74) is 2.27. The van der Waals surface area contributed by atoms with Gasteiger partial charge in [0.05, 0.1) is 5.69 Å². The van der Waals surface area contributed by atoms with Crippen LogP contribution < -0.4 is 4.90 Å². The summed E-state index contributed by atoms with van der Waals surface area (Å²) >= 11 is 6.05. The van der Waals surface area contributed by atoms with Gasteiger partial charge in [0.2, 0.25) is 5.95 Å². The minimum absolute atomic E-state index is 0.0774. The Kier molecular flexibility index (Phi) is 6.22. The molecule has 4 aromatic rings. The van der Waals surface area contributed by atoms with Crippen molar-refractivity contribution in [2.24, 2.45) is 0 Å². The van der Waals surface area contributed by atoms with Crippen molar-refractivity contribution in [3.8, 4) is 11.3 Å². The molecule has 0 amide bonds. The van der Waals surface area contributed by atoms with Crippen molar-refractivity contribution in [3.05, 3.63) is 66.1 Å². The van der Waals surface area contributed by atoms with E-state index in [0.717, 1.165) is 16.6 Å². The van der Waals surface area contributed by atoms with Gasteiger partial charge in [-0.15, -0.1) is 0 Å². The number of H-pyrrole nitrogens is 1. The van der Waals surface area contributed by atoms with Gasteiger partial charge < -0.3 is 15.0 Å². The normalized spacial score (nSPS) is 17.4. The van der Waals surface area contributed by atoms with Crippen LogP contribution >= 0.6 is 11.6 Å². The van der Waals surface area contributed by atoms with Crippen molar-refractivity contribution in [1.29, 1.82) is 0 Å². The number of halogens is 1. The lowest BCUT2D eigenvalue weighted by Gasteiger charge is -2.40. The highest BCUT2D eigenvalue weighted by atomic mass is 35.5. The standard InChI is InChI=1S/C23H23ClN6O3S/c24-18-4-5-21-16(11-18)12-22(28-21)34(32,33)29-8-9-30(19(15-29)6-10-31)23-26-13-17(14-27-23)20-3-1-2-7-25-20/h1-5,7,11-14,19,28,31H,6,8-10,15H2. The fraction of sp³-hybridized carbons (Fsp3) is 0.261. The highest BCUT2D eigenvalue weighted by Gasteiger charge is 2.35. The van der Waals surface area contributed by atoms with Crippen LogP contribution in [0.1, 0.15) is 6.42 Å². The first-order valence-corrected chi connectivity index (χ1v) is 12.7. The SMILES string of the molecule is O=S(=O)(c1cc2cc(Cl)ccc2[nH]1)N1CCN(c2ncc(-c3ccccn3)cn2)C(CCO)C1. The summed E-state index contributed by atoms with van der Waals surface area (Å²) in [6.45, 7) is 0.806. The van der Waals surface area contributed by atoms with Crippen molar-refractivity contribution >= 4 is 38.5 Å². The molecule has 5 rings (SSSR count). The van der Waals surface area contributed by atoms with Crippen LogP contribution in [0.25, 0.3) is 22.2 Å². The molecule has 1 aliphatic rings. The van der Waals surface area contributed by atoms with Crippen molar-refractivity contribution < 1.29 is 13.5 Å². The molecule has 1 unspecified atom stereocenters. The predicted octanol–water partition coefficient (Wildman–Crippen LogP) is 2.94. The van der Waals surface area contributed by atoms with Crippen molar-refractivity contribution in [1.82, 2.24) is 24.2 Å². The number of fused-ring (bicyclic) bond motifs is 1. The Hall–Kier alpha value is -3.05. The maximum Gasteiger partial charge on any atom is 0.258 e. The zero-order valence-electron chi connectivity index (χ0n) is 18.2. The lowest BCUT2D eigenvalue weighted by Crippen LogP contribution is -2.55. The summed E-state index contributed by atoms with van der Waals surface area (Å²) in [5, 5.41) is 11.0. The largest absolute Gasteiger partial charge is 0.396 e. The van der Waals surface area contributed by atoms with Gasteiger partial charge in [-0.25, -0.2) is 18.4 Å². The van der Waals surface area contributed by atoms with Gasteiger partial charge in [-0.2, -0.15) is 4.31 Å². The second kappa shape index (κ2) is 9.30. The van der Waals surface area contributed by atoms with Gasteiger partial charge in [0, 0.05) is 72.4 Å². The number of aliphatic hydroxyl groups is 1. The maximum atomic E-state index is 13.4. The zero-order chi connectivity index (χ0) is 23.7. The van der Waals surface area contributed by atoms with Crippen LogP contribution in [0.5, 0.6) is 0 Å². The summed E-state index contributed by atoms with van der Waals surface area (Å²) in [4.78, 5) is 18.3. The fourth-order valence-corrected chi connectivity index (χ4v) is 5.86. The van der Waals surface area contributed by atoms with Crippen molar-refractivity contribution in [2.75, 3.05) is 31.1 Å². The van der Waals surface area contributed by atoms with E-state index in [1.165, 1.54) is 4.31 Å². The third kappa shape index (κ3) is 4.37. The van der Waals surface area contributed by atoms with E-state index in [9.17, 15) is 13.5 Å². The highest BCUT2D eigenvalue weighted by Crippen LogP contribution is 2.27. The van der Waals surface area contributed by atoms with Crippen molar-refractivity contribution in [2.45, 2.75) is 17.5 Å². The van der Waals surface area contributed by atoms with E-state index in [1.807, 2.05) is 23.1 Å². The van der Waals surface area contributed by atoms with E-state index in [-0.39, 0.29) is 30.8 Å². The Labute approximate surface area is 202 Å². The summed E-state index contributed by atoms with van der Waals surface area (Å²) in [7, 11) is -3.76. The van der Waals surface area contributed by atoms with E-state index in [4.69, 9.17) is 11.6 Å². The number of hydrogen-bond acceptors (Lipinski definition) is 7. The number of nitrogens with zero attached hydrogens (tertiary/aromatic N) is 5. The van der Waals surface area contributed by atoms with Gasteiger partial charge >= 0.3 is 0 Å². The van der Waals surface area contributed by atoms with Gasteiger partial charge in [-0.1, -0.05) is 17.7 Å². The molecular formula is C23H23ClN6O3S. The third-order valence-electron chi connectivity index (χ3n) is 5.94. The molecule has 0 bridgehead atoms. The number of benzene rings is 1. The average molecular weight is 499 g/mol. The maximum absolute atomic E-state index is 13.4. The van der Waals surface area contributed by atoms with Crippen LogP contribution in [0.2, 0.25) is 5.02 Å². The van der Waals surface area contributed by atoms with Crippen LogP contribution in [0.15, 0.2) is 66.1 Å². The van der Waals surface area contributed by atoms with E-state index < -0.39 is 10.0 Å².